The summed E-state index contributed by atoms with van der Waals surface area (Å²) in [7, 11) is -3.87. The van der Waals surface area contributed by atoms with Crippen molar-refractivity contribution in [3.8, 4) is 0 Å². The molecule has 1 heterocycles. The molecule has 3 rings (SSSR count). The zero-order chi connectivity index (χ0) is 18.7. The van der Waals surface area contributed by atoms with Crippen molar-refractivity contribution in [1.82, 2.24) is 0 Å². The molecule has 9 heteroatoms. The highest BCUT2D eigenvalue weighted by molar-refractivity contribution is 7.92. The third kappa shape index (κ3) is 4.37. The van der Waals surface area contributed by atoms with E-state index in [4.69, 9.17) is 23.2 Å². The highest BCUT2D eigenvalue weighted by Gasteiger charge is 2.20. The molecule has 0 saturated heterocycles. The average Bonchev–Trinajstić information content (AvgIpc) is 3.04. The van der Waals surface area contributed by atoms with Crippen LogP contribution in [0.2, 0.25) is 10.0 Å². The number of thiophene rings is 1. The van der Waals surface area contributed by atoms with Gasteiger partial charge in [-0.15, -0.1) is 11.3 Å². The van der Waals surface area contributed by atoms with Gasteiger partial charge < -0.3 is 5.32 Å². The van der Waals surface area contributed by atoms with Crippen LogP contribution in [0.25, 0.3) is 0 Å². The predicted molar refractivity (Wildman–Crippen MR) is 106 cm³/mol. The van der Waals surface area contributed by atoms with Gasteiger partial charge in [-0.05, 0) is 53.9 Å². The Hall–Kier alpha value is -2.06. The van der Waals surface area contributed by atoms with E-state index >= 15 is 0 Å². The summed E-state index contributed by atoms with van der Waals surface area (Å²) >= 11 is 12.8. The first-order valence-corrected chi connectivity index (χ1v) is 10.4. The van der Waals surface area contributed by atoms with E-state index in [1.807, 2.05) is 0 Å². The normalized spacial score (nSPS) is 11.2. The van der Waals surface area contributed by atoms with Crippen LogP contribution in [0, 0.1) is 0 Å². The molecule has 0 unspecified atom stereocenters. The number of carbonyl (C=O) groups excluding carboxylic acids is 1. The van der Waals surface area contributed by atoms with Crippen LogP contribution < -0.4 is 10.0 Å². The quantitative estimate of drug-likeness (QED) is 0.594. The van der Waals surface area contributed by atoms with Crippen LogP contribution >= 0.6 is 34.5 Å². The van der Waals surface area contributed by atoms with Crippen LogP contribution in [-0.4, -0.2) is 14.3 Å². The molecule has 5 nitrogen and oxygen atoms in total. The van der Waals surface area contributed by atoms with Gasteiger partial charge in [0, 0.05) is 15.7 Å². The minimum absolute atomic E-state index is 0.0141. The van der Waals surface area contributed by atoms with Crippen molar-refractivity contribution < 1.29 is 13.2 Å². The molecule has 134 valence electrons. The first-order chi connectivity index (χ1) is 12.3. The van der Waals surface area contributed by atoms with Gasteiger partial charge in [-0.25, -0.2) is 8.42 Å². The molecule has 0 saturated carbocycles. The average molecular weight is 427 g/mol. The SMILES string of the molecule is O=C(Nc1ccc(Cl)cc1)c1sccc1NS(=O)(=O)c1cccc(Cl)c1. The lowest BCUT2D eigenvalue weighted by atomic mass is 10.3. The topological polar surface area (TPSA) is 75.3 Å². The Morgan fingerprint density at radius 2 is 1.69 bits per heavy atom. The van der Waals surface area contributed by atoms with Crippen molar-refractivity contribution in [1.29, 1.82) is 0 Å². The van der Waals surface area contributed by atoms with E-state index in [1.165, 1.54) is 18.2 Å². The van der Waals surface area contributed by atoms with E-state index in [0.29, 0.717) is 15.7 Å². The third-order valence-corrected chi connectivity index (χ3v) is 6.09. The molecule has 0 spiro atoms. The van der Waals surface area contributed by atoms with Gasteiger partial charge in [-0.1, -0.05) is 29.3 Å². The van der Waals surface area contributed by atoms with Crippen molar-refractivity contribution in [3.63, 3.8) is 0 Å². The lowest BCUT2D eigenvalue weighted by Crippen LogP contribution is -2.17. The Kier molecular flexibility index (Phi) is 5.52. The molecule has 1 amide bonds. The van der Waals surface area contributed by atoms with Gasteiger partial charge >= 0.3 is 0 Å². The zero-order valence-corrected chi connectivity index (χ0v) is 16.2. The Morgan fingerprint density at radius 3 is 2.38 bits per heavy atom. The molecule has 2 aromatic carbocycles. The second-order valence-electron chi connectivity index (χ2n) is 5.19. The summed E-state index contributed by atoms with van der Waals surface area (Å²) < 4.78 is 27.5. The number of amides is 1. The summed E-state index contributed by atoms with van der Waals surface area (Å²) in [5, 5.41) is 5.19. The molecule has 0 fully saturated rings. The van der Waals surface area contributed by atoms with Gasteiger partial charge in [0.25, 0.3) is 15.9 Å². The number of hydrogen-bond donors (Lipinski definition) is 2. The molecule has 0 aliphatic rings. The fourth-order valence-corrected chi connectivity index (χ4v) is 4.43. The van der Waals surface area contributed by atoms with E-state index in [0.717, 1.165) is 11.3 Å². The maximum atomic E-state index is 12.5. The van der Waals surface area contributed by atoms with Gasteiger partial charge in [-0.3, -0.25) is 9.52 Å². The summed E-state index contributed by atoms with van der Waals surface area (Å²) in [4.78, 5) is 12.7. The number of carbonyl (C=O) groups is 1. The lowest BCUT2D eigenvalue weighted by Gasteiger charge is -2.10. The minimum Gasteiger partial charge on any atom is -0.321 e. The van der Waals surface area contributed by atoms with Crippen LogP contribution in [0.4, 0.5) is 11.4 Å². The van der Waals surface area contributed by atoms with E-state index in [-0.39, 0.29) is 15.5 Å². The Morgan fingerprint density at radius 1 is 0.962 bits per heavy atom. The number of anilines is 2. The minimum atomic E-state index is -3.87. The summed E-state index contributed by atoms with van der Waals surface area (Å²) in [6.07, 6.45) is 0. The van der Waals surface area contributed by atoms with Crippen molar-refractivity contribution >= 4 is 61.8 Å². The number of halogens is 2. The number of hydrogen-bond acceptors (Lipinski definition) is 4. The number of nitrogens with one attached hydrogen (secondary N) is 2. The van der Waals surface area contributed by atoms with E-state index in [1.54, 1.807) is 41.8 Å². The van der Waals surface area contributed by atoms with Gasteiger partial charge in [-0.2, -0.15) is 0 Å². The van der Waals surface area contributed by atoms with Gasteiger partial charge in [0.15, 0.2) is 0 Å². The van der Waals surface area contributed by atoms with Gasteiger partial charge in [0.05, 0.1) is 10.6 Å². The third-order valence-electron chi connectivity index (χ3n) is 3.32. The summed E-state index contributed by atoms with van der Waals surface area (Å²) in [6.45, 7) is 0. The number of benzene rings is 2. The second kappa shape index (κ2) is 7.67. The first-order valence-electron chi connectivity index (χ1n) is 7.28. The monoisotopic (exact) mass is 426 g/mol. The van der Waals surface area contributed by atoms with Crippen LogP contribution in [0.5, 0.6) is 0 Å². The Labute approximate surface area is 164 Å². The fourth-order valence-electron chi connectivity index (χ4n) is 2.12. The molecular weight excluding hydrogens is 415 g/mol. The van der Waals surface area contributed by atoms with Gasteiger partial charge in [0.2, 0.25) is 0 Å². The molecular formula is C17H12Cl2N2O3S2. The van der Waals surface area contributed by atoms with Crippen LogP contribution in [0.15, 0.2) is 64.9 Å². The van der Waals surface area contributed by atoms with Crippen LogP contribution in [0.1, 0.15) is 9.67 Å². The standard InChI is InChI=1S/C17H12Cl2N2O3S2/c18-11-4-6-13(7-5-11)20-17(22)16-15(8-9-25-16)21-26(23,24)14-3-1-2-12(19)10-14/h1-10,21H,(H,20,22). The van der Waals surface area contributed by atoms with Crippen molar-refractivity contribution in [2.45, 2.75) is 4.90 Å². The highest BCUT2D eigenvalue weighted by atomic mass is 35.5. The van der Waals surface area contributed by atoms with Crippen molar-refractivity contribution in [3.05, 3.63) is 74.9 Å². The molecule has 3 aromatic rings. The smallest absolute Gasteiger partial charge is 0.267 e. The number of sulfonamides is 1. The van der Waals surface area contributed by atoms with Crippen LogP contribution in [0.3, 0.4) is 0 Å². The molecule has 0 aliphatic carbocycles. The maximum Gasteiger partial charge on any atom is 0.267 e. The molecule has 0 bridgehead atoms. The zero-order valence-electron chi connectivity index (χ0n) is 13.1. The Balaban J connectivity index is 1.82. The molecule has 1 aromatic heterocycles. The summed E-state index contributed by atoms with van der Waals surface area (Å²) in [5.41, 5.74) is 0.748. The van der Waals surface area contributed by atoms with E-state index in [2.05, 4.69) is 10.0 Å². The highest BCUT2D eigenvalue weighted by Crippen LogP contribution is 2.27. The molecule has 2 N–H and O–H groups in total. The first kappa shape index (κ1) is 18.7. The largest absolute Gasteiger partial charge is 0.321 e. The van der Waals surface area contributed by atoms with Crippen molar-refractivity contribution in [2.75, 3.05) is 10.0 Å². The molecule has 0 atom stereocenters. The van der Waals surface area contributed by atoms with E-state index in [9.17, 15) is 13.2 Å². The van der Waals surface area contributed by atoms with Crippen LogP contribution in [-0.2, 0) is 10.0 Å². The van der Waals surface area contributed by atoms with Crippen molar-refractivity contribution in [2.24, 2.45) is 0 Å². The summed E-state index contributed by atoms with van der Waals surface area (Å²) in [5.74, 6) is -0.425. The molecule has 26 heavy (non-hydrogen) atoms. The van der Waals surface area contributed by atoms with Gasteiger partial charge in [0.1, 0.15) is 4.88 Å². The number of rotatable bonds is 5. The van der Waals surface area contributed by atoms with E-state index < -0.39 is 15.9 Å². The maximum absolute atomic E-state index is 12.5. The lowest BCUT2D eigenvalue weighted by molar-refractivity contribution is 0.103. The fraction of sp³-hybridized carbons (Fsp3) is 0. The second-order valence-corrected chi connectivity index (χ2v) is 8.66. The molecule has 0 aliphatic heterocycles. The predicted octanol–water partition coefficient (Wildman–Crippen LogP) is 5.11. The summed E-state index contributed by atoms with van der Waals surface area (Å²) in [6, 6.07) is 14.0. The molecule has 0 radical (unpaired) electrons. The Bertz CT molecular complexity index is 1050.